The molecule has 0 radical (unpaired) electrons. The van der Waals surface area contributed by atoms with E-state index in [0.29, 0.717) is 6.04 Å². The van der Waals surface area contributed by atoms with Crippen LogP contribution in [-0.2, 0) is 12.8 Å². The smallest absolute Gasteiger partial charge is 0.165 e. The Bertz CT molecular complexity index is 811. The van der Waals surface area contributed by atoms with Crippen molar-refractivity contribution in [1.82, 2.24) is 0 Å². The average molecular weight is 312 g/mol. The molecule has 2 aliphatic rings. The lowest BCUT2D eigenvalue weighted by Gasteiger charge is -2.46. The molecule has 2 aromatic rings. The van der Waals surface area contributed by atoms with Crippen molar-refractivity contribution in [3.63, 3.8) is 0 Å². The minimum Gasteiger partial charge on any atom is -0.504 e. The molecule has 23 heavy (non-hydrogen) atoms. The number of methoxy groups -OCH3 is 1. The summed E-state index contributed by atoms with van der Waals surface area (Å²) in [7, 11) is 6.19. The number of hydrogen-bond donors (Lipinski definition) is 2. The molecule has 1 atom stereocenters. The first-order valence-electron chi connectivity index (χ1n) is 8.00. The van der Waals surface area contributed by atoms with Crippen molar-refractivity contribution in [3.05, 3.63) is 41.0 Å². The number of likely N-dealkylation sites (N-methyl/N-ethyl adjacent to an activating group) is 1. The van der Waals surface area contributed by atoms with Crippen molar-refractivity contribution in [2.24, 2.45) is 0 Å². The zero-order valence-electron chi connectivity index (χ0n) is 13.8. The van der Waals surface area contributed by atoms with Gasteiger partial charge in [0.25, 0.3) is 0 Å². The number of nitrogens with zero attached hydrogens (tertiary/aromatic N) is 1. The Balaban J connectivity index is 2.11. The number of hydrogen-bond acceptors (Lipinski definition) is 3. The van der Waals surface area contributed by atoms with E-state index in [2.05, 4.69) is 20.2 Å². The summed E-state index contributed by atoms with van der Waals surface area (Å²) in [6.07, 6.45) is 1.88. The molecule has 2 N–H and O–H groups in total. The Morgan fingerprint density at radius 3 is 2.52 bits per heavy atom. The van der Waals surface area contributed by atoms with Crippen molar-refractivity contribution in [2.75, 3.05) is 27.7 Å². The van der Waals surface area contributed by atoms with Gasteiger partial charge < -0.3 is 19.4 Å². The predicted molar refractivity (Wildman–Crippen MR) is 88.9 cm³/mol. The van der Waals surface area contributed by atoms with Gasteiger partial charge >= 0.3 is 0 Å². The molecule has 0 saturated carbocycles. The summed E-state index contributed by atoms with van der Waals surface area (Å²) in [6.45, 7) is 1.10. The number of fused-ring (bicyclic) bond motifs is 2. The summed E-state index contributed by atoms with van der Waals surface area (Å²) >= 11 is 0. The van der Waals surface area contributed by atoms with E-state index < -0.39 is 0 Å². The quantitative estimate of drug-likeness (QED) is 0.629. The lowest BCUT2D eigenvalue weighted by atomic mass is 9.75. The predicted octanol–water partition coefficient (Wildman–Crippen LogP) is 3.00. The van der Waals surface area contributed by atoms with Gasteiger partial charge in [-0.2, -0.15) is 0 Å². The number of rotatable bonds is 1. The van der Waals surface area contributed by atoms with E-state index in [1.165, 1.54) is 11.1 Å². The highest BCUT2D eigenvalue weighted by Gasteiger charge is 2.43. The standard InChI is InChI=1S/C19H21NO3/c1-20(2)9-8-11-5-7-15(23-3)18-16(11)13(20)10-12-4-6-14(21)19(22)17(12)18/h4-7,13H,8-10H2,1-3H3,(H-,21,22)/p+1/t13-/m0/s1. The van der Waals surface area contributed by atoms with Crippen LogP contribution in [0, 0.1) is 0 Å². The molecule has 2 aromatic carbocycles. The summed E-state index contributed by atoms with van der Waals surface area (Å²) in [5.41, 5.74) is 5.36. The fraction of sp³-hybridized carbons (Fsp3) is 0.368. The van der Waals surface area contributed by atoms with Gasteiger partial charge in [-0.1, -0.05) is 12.1 Å². The third-order valence-corrected chi connectivity index (χ3v) is 5.56. The van der Waals surface area contributed by atoms with Gasteiger partial charge in [0.05, 0.1) is 27.7 Å². The molecule has 0 unspecified atom stereocenters. The highest BCUT2D eigenvalue weighted by molar-refractivity contribution is 5.86. The second kappa shape index (κ2) is 4.65. The summed E-state index contributed by atoms with van der Waals surface area (Å²) in [6, 6.07) is 7.98. The maximum Gasteiger partial charge on any atom is 0.165 e. The van der Waals surface area contributed by atoms with Gasteiger partial charge in [0.2, 0.25) is 0 Å². The zero-order valence-corrected chi connectivity index (χ0v) is 13.8. The molecule has 0 aromatic heterocycles. The lowest BCUT2D eigenvalue weighted by Crippen LogP contribution is -2.49. The zero-order chi connectivity index (χ0) is 16.4. The van der Waals surface area contributed by atoms with Crippen LogP contribution in [0.4, 0.5) is 0 Å². The summed E-state index contributed by atoms with van der Waals surface area (Å²) in [4.78, 5) is 0. The highest BCUT2D eigenvalue weighted by Crippen LogP contribution is 2.54. The Morgan fingerprint density at radius 1 is 1.04 bits per heavy atom. The van der Waals surface area contributed by atoms with Gasteiger partial charge in [-0.05, 0) is 23.3 Å². The van der Waals surface area contributed by atoms with E-state index in [-0.39, 0.29) is 11.5 Å². The van der Waals surface area contributed by atoms with Crippen LogP contribution < -0.4 is 4.74 Å². The molecule has 0 amide bonds. The molecule has 0 fully saturated rings. The van der Waals surface area contributed by atoms with Crippen LogP contribution in [0.5, 0.6) is 17.2 Å². The third-order valence-electron chi connectivity index (χ3n) is 5.56. The molecule has 4 heteroatoms. The Hall–Kier alpha value is -2.20. The molecule has 4 nitrogen and oxygen atoms in total. The van der Waals surface area contributed by atoms with E-state index in [1.54, 1.807) is 13.2 Å². The molecule has 1 heterocycles. The molecular formula is C19H22NO3+. The Kier molecular flexibility index (Phi) is 2.91. The lowest BCUT2D eigenvalue weighted by molar-refractivity contribution is -0.923. The number of benzene rings is 2. The molecular weight excluding hydrogens is 290 g/mol. The second-order valence-electron chi connectivity index (χ2n) is 7.16. The molecule has 0 saturated heterocycles. The summed E-state index contributed by atoms with van der Waals surface area (Å²) in [5.74, 6) is 0.646. The van der Waals surface area contributed by atoms with Gasteiger partial charge in [-0.15, -0.1) is 0 Å². The number of aromatic hydroxyl groups is 2. The Labute approximate surface area is 136 Å². The minimum atomic E-state index is -0.0774. The maximum absolute atomic E-state index is 10.5. The molecule has 120 valence electrons. The van der Waals surface area contributed by atoms with Gasteiger partial charge in [0.1, 0.15) is 11.8 Å². The van der Waals surface area contributed by atoms with E-state index in [0.717, 1.165) is 46.3 Å². The first kappa shape index (κ1) is 14.4. The first-order valence-corrected chi connectivity index (χ1v) is 8.00. The minimum absolute atomic E-state index is 0.0384. The number of phenolic OH excluding ortho intramolecular Hbond substituents is 2. The van der Waals surface area contributed by atoms with Crippen molar-refractivity contribution < 1.29 is 19.4 Å². The van der Waals surface area contributed by atoms with E-state index in [4.69, 9.17) is 4.74 Å². The molecule has 4 rings (SSSR count). The van der Waals surface area contributed by atoms with Crippen LogP contribution in [-0.4, -0.2) is 42.4 Å². The molecule has 0 bridgehead atoms. The van der Waals surface area contributed by atoms with Crippen LogP contribution >= 0.6 is 0 Å². The van der Waals surface area contributed by atoms with Crippen LogP contribution in [0.15, 0.2) is 24.3 Å². The number of phenols is 2. The van der Waals surface area contributed by atoms with Crippen molar-refractivity contribution in [3.8, 4) is 28.4 Å². The van der Waals surface area contributed by atoms with Crippen LogP contribution in [0.1, 0.15) is 22.7 Å². The average Bonchev–Trinajstić information content (AvgIpc) is 2.54. The monoisotopic (exact) mass is 312 g/mol. The van der Waals surface area contributed by atoms with Gasteiger partial charge in [0, 0.05) is 29.5 Å². The van der Waals surface area contributed by atoms with Gasteiger partial charge in [-0.3, -0.25) is 0 Å². The van der Waals surface area contributed by atoms with Crippen molar-refractivity contribution in [1.29, 1.82) is 0 Å². The normalized spacial score (nSPS) is 20.6. The van der Waals surface area contributed by atoms with E-state index >= 15 is 0 Å². The van der Waals surface area contributed by atoms with E-state index in [1.807, 2.05) is 12.1 Å². The third kappa shape index (κ3) is 1.88. The fourth-order valence-corrected chi connectivity index (χ4v) is 4.21. The molecule has 1 aliphatic carbocycles. The SMILES string of the molecule is COc1ccc2c3c1-c1c(ccc(O)c1O)C[C@@H]3[N+](C)(C)CC2. The Morgan fingerprint density at radius 2 is 1.78 bits per heavy atom. The van der Waals surface area contributed by atoms with Gasteiger partial charge in [-0.25, -0.2) is 0 Å². The van der Waals surface area contributed by atoms with Crippen LogP contribution in [0.2, 0.25) is 0 Å². The highest BCUT2D eigenvalue weighted by atomic mass is 16.5. The topological polar surface area (TPSA) is 49.7 Å². The van der Waals surface area contributed by atoms with Gasteiger partial charge in [0.15, 0.2) is 11.5 Å². The second-order valence-corrected chi connectivity index (χ2v) is 7.16. The van der Waals surface area contributed by atoms with Crippen LogP contribution in [0.25, 0.3) is 11.1 Å². The number of quaternary nitrogens is 1. The van der Waals surface area contributed by atoms with Crippen molar-refractivity contribution in [2.45, 2.75) is 18.9 Å². The van der Waals surface area contributed by atoms with Crippen molar-refractivity contribution >= 4 is 0 Å². The number of ether oxygens (including phenoxy) is 1. The van der Waals surface area contributed by atoms with Crippen LogP contribution in [0.3, 0.4) is 0 Å². The fourth-order valence-electron chi connectivity index (χ4n) is 4.21. The summed E-state index contributed by atoms with van der Waals surface area (Å²) < 4.78 is 6.53. The molecule has 0 spiro atoms. The maximum atomic E-state index is 10.5. The summed E-state index contributed by atoms with van der Waals surface area (Å²) in [5, 5.41) is 20.5. The largest absolute Gasteiger partial charge is 0.504 e. The van der Waals surface area contributed by atoms with E-state index in [9.17, 15) is 10.2 Å². The first-order chi connectivity index (χ1) is 10.9. The molecule has 1 aliphatic heterocycles.